The summed E-state index contributed by atoms with van der Waals surface area (Å²) in [5.41, 5.74) is 2.80. The monoisotopic (exact) mass is 308 g/mol. The third-order valence-corrected chi connectivity index (χ3v) is 4.04. The van der Waals surface area contributed by atoms with E-state index in [0.29, 0.717) is 16.5 Å². The summed E-state index contributed by atoms with van der Waals surface area (Å²) < 4.78 is 5.23. The number of carbonyl (C=O) groups excluding carboxylic acids is 1. The van der Waals surface area contributed by atoms with Gasteiger partial charge in [0, 0.05) is 17.3 Å². The van der Waals surface area contributed by atoms with Crippen molar-refractivity contribution in [2.75, 3.05) is 12.4 Å². The number of allylic oxidation sites excluding steroid dienone is 1. The van der Waals surface area contributed by atoms with Gasteiger partial charge in [0.2, 0.25) is 0 Å². The summed E-state index contributed by atoms with van der Waals surface area (Å²) in [5.74, 6) is 0.547. The van der Waals surface area contributed by atoms with E-state index in [2.05, 4.69) is 10.6 Å². The number of amides is 2. The first-order valence-electron chi connectivity index (χ1n) is 7.19. The molecular weight excluding hydrogens is 288 g/mol. The van der Waals surface area contributed by atoms with Crippen molar-refractivity contribution < 1.29 is 9.53 Å². The van der Waals surface area contributed by atoms with Crippen molar-refractivity contribution in [3.8, 4) is 5.75 Å². The number of carbonyl (C=O) groups is 1. The molecule has 114 valence electrons. The maximum absolute atomic E-state index is 12.0. The number of rotatable bonds is 3. The van der Waals surface area contributed by atoms with E-state index in [1.807, 2.05) is 13.1 Å². The number of halogens is 1. The lowest BCUT2D eigenvalue weighted by atomic mass is 9.96. The highest BCUT2D eigenvalue weighted by atomic mass is 35.5. The molecule has 0 atom stereocenters. The van der Waals surface area contributed by atoms with Crippen LogP contribution in [0.2, 0.25) is 5.02 Å². The Labute approximate surface area is 130 Å². The van der Waals surface area contributed by atoms with Gasteiger partial charge in [-0.25, -0.2) is 4.79 Å². The van der Waals surface area contributed by atoms with E-state index >= 15 is 0 Å². The fourth-order valence-electron chi connectivity index (χ4n) is 2.41. The average molecular weight is 309 g/mol. The van der Waals surface area contributed by atoms with Gasteiger partial charge in [0.25, 0.3) is 0 Å². The molecule has 0 saturated heterocycles. The van der Waals surface area contributed by atoms with Gasteiger partial charge in [0.15, 0.2) is 0 Å². The second-order valence-corrected chi connectivity index (χ2v) is 5.67. The Bertz CT molecular complexity index is 547. The van der Waals surface area contributed by atoms with E-state index in [-0.39, 0.29) is 6.03 Å². The number of hydrogen-bond acceptors (Lipinski definition) is 2. The van der Waals surface area contributed by atoms with E-state index < -0.39 is 0 Å². The van der Waals surface area contributed by atoms with Crippen molar-refractivity contribution in [2.45, 2.75) is 39.0 Å². The van der Waals surface area contributed by atoms with Gasteiger partial charge in [-0.3, -0.25) is 0 Å². The summed E-state index contributed by atoms with van der Waals surface area (Å²) in [6.07, 6.45) is 7.67. The number of benzene rings is 1. The largest absolute Gasteiger partial charge is 0.495 e. The van der Waals surface area contributed by atoms with Crippen molar-refractivity contribution in [1.82, 2.24) is 5.32 Å². The number of nitrogens with one attached hydrogen (secondary N) is 2. The Hall–Kier alpha value is -1.68. The SMILES string of the molecule is COc1cc(Cl)c(C)cc1NC(=O)NC=C1CCCCC1. The molecule has 0 spiro atoms. The van der Waals surface area contributed by atoms with Gasteiger partial charge in [-0.1, -0.05) is 23.6 Å². The molecule has 1 aliphatic rings. The van der Waals surface area contributed by atoms with Gasteiger partial charge >= 0.3 is 6.03 Å². The van der Waals surface area contributed by atoms with E-state index in [1.165, 1.54) is 24.8 Å². The van der Waals surface area contributed by atoms with Gasteiger partial charge in [-0.2, -0.15) is 0 Å². The minimum absolute atomic E-state index is 0.270. The second kappa shape index (κ2) is 7.36. The molecule has 0 aliphatic heterocycles. The normalized spacial score (nSPS) is 14.5. The predicted molar refractivity (Wildman–Crippen MR) is 86.1 cm³/mol. The summed E-state index contributed by atoms with van der Waals surface area (Å²) in [5, 5.41) is 6.19. The summed E-state index contributed by atoms with van der Waals surface area (Å²) in [4.78, 5) is 12.0. The summed E-state index contributed by atoms with van der Waals surface area (Å²) in [7, 11) is 1.55. The number of urea groups is 1. The maximum Gasteiger partial charge on any atom is 0.323 e. The van der Waals surface area contributed by atoms with Gasteiger partial charge in [0.1, 0.15) is 5.75 Å². The Kier molecular flexibility index (Phi) is 5.51. The molecule has 1 aromatic rings. The van der Waals surface area contributed by atoms with Crippen molar-refractivity contribution >= 4 is 23.3 Å². The molecule has 4 nitrogen and oxygen atoms in total. The zero-order valence-electron chi connectivity index (χ0n) is 12.5. The van der Waals surface area contributed by atoms with Crippen LogP contribution in [0, 0.1) is 6.92 Å². The van der Waals surface area contributed by atoms with Gasteiger partial charge in [-0.15, -0.1) is 0 Å². The minimum atomic E-state index is -0.270. The smallest absolute Gasteiger partial charge is 0.323 e. The Morgan fingerprint density at radius 2 is 2.00 bits per heavy atom. The van der Waals surface area contributed by atoms with E-state index in [4.69, 9.17) is 16.3 Å². The third kappa shape index (κ3) is 4.39. The van der Waals surface area contributed by atoms with Crippen LogP contribution in [-0.4, -0.2) is 13.1 Å². The van der Waals surface area contributed by atoms with E-state index in [0.717, 1.165) is 18.4 Å². The number of hydrogen-bond donors (Lipinski definition) is 2. The molecule has 1 aromatic carbocycles. The van der Waals surface area contributed by atoms with Crippen molar-refractivity contribution in [3.05, 3.63) is 34.5 Å². The van der Waals surface area contributed by atoms with Crippen LogP contribution >= 0.6 is 11.6 Å². The quantitative estimate of drug-likeness (QED) is 0.855. The van der Waals surface area contributed by atoms with E-state index in [1.54, 1.807) is 19.2 Å². The van der Waals surface area contributed by atoms with Gasteiger partial charge in [-0.05, 0) is 44.2 Å². The molecule has 0 radical (unpaired) electrons. The van der Waals surface area contributed by atoms with Crippen LogP contribution in [0.15, 0.2) is 23.9 Å². The second-order valence-electron chi connectivity index (χ2n) is 5.26. The van der Waals surface area contributed by atoms with Crippen LogP contribution in [0.4, 0.5) is 10.5 Å². The zero-order valence-corrected chi connectivity index (χ0v) is 13.2. The first kappa shape index (κ1) is 15.7. The van der Waals surface area contributed by atoms with Crippen molar-refractivity contribution in [1.29, 1.82) is 0 Å². The van der Waals surface area contributed by atoms with Crippen LogP contribution in [0.1, 0.15) is 37.7 Å². The molecule has 2 rings (SSSR count). The fourth-order valence-corrected chi connectivity index (χ4v) is 2.56. The Morgan fingerprint density at radius 1 is 1.29 bits per heavy atom. The summed E-state index contributed by atoms with van der Waals surface area (Å²) in [6, 6.07) is 3.23. The first-order valence-corrected chi connectivity index (χ1v) is 7.57. The lowest BCUT2D eigenvalue weighted by Crippen LogP contribution is -2.25. The molecular formula is C16H21ClN2O2. The standard InChI is InChI=1S/C16H21ClN2O2/c1-11-8-14(15(21-2)9-13(11)17)19-16(20)18-10-12-6-4-3-5-7-12/h8-10H,3-7H2,1-2H3,(H2,18,19,20). The van der Waals surface area contributed by atoms with Crippen LogP contribution in [0.3, 0.4) is 0 Å². The highest BCUT2D eigenvalue weighted by Gasteiger charge is 2.10. The van der Waals surface area contributed by atoms with Crippen LogP contribution < -0.4 is 15.4 Å². The van der Waals surface area contributed by atoms with Crippen LogP contribution in [0.5, 0.6) is 5.75 Å². The molecule has 1 aliphatic carbocycles. The van der Waals surface area contributed by atoms with Crippen molar-refractivity contribution in [2.24, 2.45) is 0 Å². The molecule has 0 heterocycles. The van der Waals surface area contributed by atoms with Gasteiger partial charge in [0.05, 0.1) is 12.8 Å². The molecule has 2 amide bonds. The number of aryl methyl sites for hydroxylation is 1. The minimum Gasteiger partial charge on any atom is -0.495 e. The number of ether oxygens (including phenoxy) is 1. The maximum atomic E-state index is 12.0. The van der Waals surface area contributed by atoms with Crippen LogP contribution in [-0.2, 0) is 0 Å². The Balaban J connectivity index is 2.00. The molecule has 2 N–H and O–H groups in total. The number of anilines is 1. The average Bonchev–Trinajstić information content (AvgIpc) is 2.49. The third-order valence-electron chi connectivity index (χ3n) is 3.63. The summed E-state index contributed by atoms with van der Waals surface area (Å²) >= 11 is 6.05. The van der Waals surface area contributed by atoms with Gasteiger partial charge < -0.3 is 15.4 Å². The first-order chi connectivity index (χ1) is 10.1. The van der Waals surface area contributed by atoms with E-state index in [9.17, 15) is 4.79 Å². The molecule has 5 heteroatoms. The summed E-state index contributed by atoms with van der Waals surface area (Å²) in [6.45, 7) is 1.88. The fraction of sp³-hybridized carbons (Fsp3) is 0.438. The molecule has 1 saturated carbocycles. The lowest BCUT2D eigenvalue weighted by Gasteiger charge is -2.14. The lowest BCUT2D eigenvalue weighted by molar-refractivity contribution is 0.255. The highest BCUT2D eigenvalue weighted by molar-refractivity contribution is 6.31. The molecule has 0 aromatic heterocycles. The molecule has 0 bridgehead atoms. The Morgan fingerprint density at radius 3 is 2.67 bits per heavy atom. The van der Waals surface area contributed by atoms with Crippen molar-refractivity contribution in [3.63, 3.8) is 0 Å². The van der Waals surface area contributed by atoms with Crippen LogP contribution in [0.25, 0.3) is 0 Å². The number of methoxy groups -OCH3 is 1. The zero-order chi connectivity index (χ0) is 15.2. The molecule has 0 unspecified atom stereocenters. The predicted octanol–water partition coefficient (Wildman–Crippen LogP) is 4.63. The molecule has 1 fully saturated rings. The highest BCUT2D eigenvalue weighted by Crippen LogP contribution is 2.30. The topological polar surface area (TPSA) is 50.4 Å². The molecule has 21 heavy (non-hydrogen) atoms.